The van der Waals surface area contributed by atoms with E-state index in [1.165, 1.54) is 12.3 Å². The predicted molar refractivity (Wildman–Crippen MR) is 73.0 cm³/mol. The SMILES string of the molecule is Nc1nc(OSI)c([N+](=O)[O-])c(-c2ccco2)n1. The number of hydrogen-bond donors (Lipinski definition) is 1. The van der Waals surface area contributed by atoms with E-state index < -0.39 is 4.92 Å². The molecule has 10 heteroatoms. The van der Waals surface area contributed by atoms with E-state index >= 15 is 0 Å². The lowest BCUT2D eigenvalue weighted by Crippen LogP contribution is -2.03. The van der Waals surface area contributed by atoms with Crippen LogP contribution in [-0.4, -0.2) is 14.9 Å². The molecular weight excluding hydrogens is 375 g/mol. The number of nitrogens with two attached hydrogens (primary N) is 1. The number of nitrogen functional groups attached to an aromatic ring is 1. The average molecular weight is 380 g/mol. The Labute approximate surface area is 117 Å². The first-order valence-corrected chi connectivity index (χ1v) is 7.73. The highest BCUT2D eigenvalue weighted by Gasteiger charge is 2.28. The van der Waals surface area contributed by atoms with E-state index in [9.17, 15) is 10.1 Å². The summed E-state index contributed by atoms with van der Waals surface area (Å²) in [5.74, 6) is -0.121. The van der Waals surface area contributed by atoms with Gasteiger partial charge in [-0.25, -0.2) is 4.98 Å². The van der Waals surface area contributed by atoms with Crippen molar-refractivity contribution in [3.63, 3.8) is 0 Å². The molecule has 94 valence electrons. The van der Waals surface area contributed by atoms with Crippen LogP contribution in [0.4, 0.5) is 11.6 Å². The van der Waals surface area contributed by atoms with Gasteiger partial charge in [0.25, 0.3) is 0 Å². The Balaban J connectivity index is 2.67. The Bertz CT molecular complexity index is 577. The summed E-state index contributed by atoms with van der Waals surface area (Å²) >= 11 is 1.82. The average Bonchev–Trinajstić information content (AvgIpc) is 2.81. The zero-order chi connectivity index (χ0) is 13.1. The fourth-order valence-corrected chi connectivity index (χ4v) is 1.98. The summed E-state index contributed by atoms with van der Waals surface area (Å²) in [4.78, 5) is 17.9. The lowest BCUT2D eigenvalue weighted by molar-refractivity contribution is -0.385. The molecule has 0 spiro atoms. The van der Waals surface area contributed by atoms with Crippen LogP contribution >= 0.6 is 30.4 Å². The molecule has 0 aliphatic heterocycles. The Hall–Kier alpha value is -1.56. The second-order valence-corrected chi connectivity index (χ2v) is 4.34. The molecule has 2 N–H and O–H groups in total. The first kappa shape index (κ1) is 12.9. The van der Waals surface area contributed by atoms with Gasteiger partial charge < -0.3 is 14.3 Å². The number of halogens is 1. The van der Waals surface area contributed by atoms with Crippen molar-refractivity contribution in [3.05, 3.63) is 28.5 Å². The Morgan fingerprint density at radius 2 is 2.33 bits per heavy atom. The summed E-state index contributed by atoms with van der Waals surface area (Å²) in [5.41, 5.74) is 5.09. The van der Waals surface area contributed by atoms with Crippen molar-refractivity contribution in [2.45, 2.75) is 0 Å². The Morgan fingerprint density at radius 3 is 2.89 bits per heavy atom. The fourth-order valence-electron chi connectivity index (χ4n) is 1.29. The number of anilines is 1. The highest BCUT2D eigenvalue weighted by Crippen LogP contribution is 2.37. The minimum atomic E-state index is -0.639. The van der Waals surface area contributed by atoms with Crippen molar-refractivity contribution in [3.8, 4) is 17.3 Å². The first-order chi connectivity index (χ1) is 8.63. The largest absolute Gasteiger partial charge is 0.462 e. The quantitative estimate of drug-likeness (QED) is 0.372. The van der Waals surface area contributed by atoms with Crippen molar-refractivity contribution in [2.75, 3.05) is 5.73 Å². The summed E-state index contributed by atoms with van der Waals surface area (Å²) in [7, 11) is 0.890. The van der Waals surface area contributed by atoms with Gasteiger partial charge in [0.2, 0.25) is 5.95 Å². The summed E-state index contributed by atoms with van der Waals surface area (Å²) in [6, 6.07) is 3.13. The summed E-state index contributed by atoms with van der Waals surface area (Å²) < 4.78 is 10.1. The zero-order valence-corrected chi connectivity index (χ0v) is 11.5. The molecule has 0 saturated heterocycles. The summed E-state index contributed by atoms with van der Waals surface area (Å²) in [6.07, 6.45) is 1.38. The molecule has 0 amide bonds. The molecule has 2 rings (SSSR count). The number of aromatic nitrogens is 2. The highest BCUT2D eigenvalue weighted by molar-refractivity contribution is 14.2. The van der Waals surface area contributed by atoms with Crippen molar-refractivity contribution in [2.24, 2.45) is 0 Å². The van der Waals surface area contributed by atoms with Gasteiger partial charge in [0.15, 0.2) is 11.5 Å². The molecule has 2 aromatic rings. The normalized spacial score (nSPS) is 10.3. The van der Waals surface area contributed by atoms with Crippen molar-refractivity contribution < 1.29 is 13.5 Å². The molecule has 0 aliphatic rings. The van der Waals surface area contributed by atoms with E-state index in [2.05, 4.69) is 9.97 Å². The molecule has 0 unspecified atom stereocenters. The third-order valence-corrected chi connectivity index (χ3v) is 2.68. The number of hydrogen-bond acceptors (Lipinski definition) is 8. The standard InChI is InChI=1S/C8H5IN4O4S/c9-18-17-7-6(13(14)15)5(11-8(10)12-7)4-2-1-3-16-4/h1-3H,(H2,10,11,12). The van der Waals surface area contributed by atoms with Crippen LogP contribution in [0, 0.1) is 10.1 Å². The van der Waals surface area contributed by atoms with Crippen LogP contribution in [-0.2, 0) is 0 Å². The second kappa shape index (κ2) is 5.39. The molecule has 0 aromatic carbocycles. The van der Waals surface area contributed by atoms with Crippen molar-refractivity contribution in [1.29, 1.82) is 0 Å². The van der Waals surface area contributed by atoms with Crippen LogP contribution in [0.1, 0.15) is 0 Å². The number of nitro groups is 1. The van der Waals surface area contributed by atoms with Gasteiger partial charge in [-0.1, -0.05) is 0 Å². The summed E-state index contributed by atoms with van der Waals surface area (Å²) in [5, 5.41) is 11.1. The minimum absolute atomic E-state index is 0.0158. The van der Waals surface area contributed by atoms with Gasteiger partial charge in [-0.05, 0) is 12.1 Å². The third-order valence-electron chi connectivity index (χ3n) is 1.92. The van der Waals surface area contributed by atoms with E-state index in [1.54, 1.807) is 6.07 Å². The van der Waals surface area contributed by atoms with Crippen LogP contribution in [0.25, 0.3) is 11.5 Å². The highest BCUT2D eigenvalue weighted by atomic mass is 127. The van der Waals surface area contributed by atoms with Gasteiger partial charge >= 0.3 is 11.6 Å². The molecule has 0 bridgehead atoms. The van der Waals surface area contributed by atoms with E-state index in [1.807, 2.05) is 21.2 Å². The molecule has 18 heavy (non-hydrogen) atoms. The van der Waals surface area contributed by atoms with Crippen molar-refractivity contribution >= 4 is 42.1 Å². The maximum atomic E-state index is 11.1. The van der Waals surface area contributed by atoms with Crippen molar-refractivity contribution in [1.82, 2.24) is 9.97 Å². The van der Waals surface area contributed by atoms with Gasteiger partial charge in [0.05, 0.1) is 11.2 Å². The Kier molecular flexibility index (Phi) is 3.86. The Morgan fingerprint density at radius 1 is 1.56 bits per heavy atom. The van der Waals surface area contributed by atoms with Crippen LogP contribution in [0.5, 0.6) is 5.88 Å². The monoisotopic (exact) mass is 380 g/mol. The maximum Gasteiger partial charge on any atom is 0.361 e. The van der Waals surface area contributed by atoms with Gasteiger partial charge in [0.1, 0.15) is 9.21 Å². The third kappa shape index (κ3) is 2.48. The van der Waals surface area contributed by atoms with Crippen LogP contribution in [0.15, 0.2) is 22.8 Å². The molecule has 0 fully saturated rings. The van der Waals surface area contributed by atoms with Gasteiger partial charge in [-0.3, -0.25) is 10.1 Å². The van der Waals surface area contributed by atoms with E-state index in [-0.39, 0.29) is 29.0 Å². The van der Waals surface area contributed by atoms with Gasteiger partial charge in [-0.15, -0.1) is 0 Å². The van der Waals surface area contributed by atoms with E-state index in [0.717, 1.165) is 9.21 Å². The molecule has 0 saturated carbocycles. The lowest BCUT2D eigenvalue weighted by Gasteiger charge is -2.04. The van der Waals surface area contributed by atoms with Crippen LogP contribution < -0.4 is 9.92 Å². The predicted octanol–water partition coefficient (Wildman–Crippen LogP) is 2.60. The van der Waals surface area contributed by atoms with Gasteiger partial charge in [0, 0.05) is 21.2 Å². The minimum Gasteiger partial charge on any atom is -0.462 e. The lowest BCUT2D eigenvalue weighted by atomic mass is 10.2. The summed E-state index contributed by atoms with van der Waals surface area (Å²) in [6.45, 7) is 0. The maximum absolute atomic E-state index is 11.1. The fraction of sp³-hybridized carbons (Fsp3) is 0. The topological polar surface area (TPSA) is 117 Å². The number of nitrogens with zero attached hydrogens (tertiary/aromatic N) is 3. The number of furan rings is 1. The molecule has 0 atom stereocenters. The van der Waals surface area contributed by atoms with Gasteiger partial charge in [-0.2, -0.15) is 4.98 Å². The number of rotatable bonds is 4. The molecule has 2 aromatic heterocycles. The van der Waals surface area contributed by atoms with E-state index in [0.29, 0.717) is 0 Å². The van der Waals surface area contributed by atoms with E-state index in [4.69, 9.17) is 14.3 Å². The van der Waals surface area contributed by atoms with Crippen LogP contribution in [0.2, 0.25) is 0 Å². The first-order valence-electron chi connectivity index (χ1n) is 4.44. The second-order valence-electron chi connectivity index (χ2n) is 2.96. The smallest absolute Gasteiger partial charge is 0.361 e. The molecular formula is C8H5IN4O4S. The molecule has 2 heterocycles. The zero-order valence-electron chi connectivity index (χ0n) is 8.57. The molecule has 8 nitrogen and oxygen atoms in total. The van der Waals surface area contributed by atoms with Crippen LogP contribution in [0.3, 0.4) is 0 Å². The molecule has 0 radical (unpaired) electrons. The molecule has 0 aliphatic carbocycles.